The Balaban J connectivity index is 2.27. The van der Waals surface area contributed by atoms with E-state index in [1.165, 1.54) is 10.6 Å². The Morgan fingerprint density at radius 3 is 1.65 bits per heavy atom. The lowest BCUT2D eigenvalue weighted by Crippen LogP contribution is -2.23. The molecule has 108 valence electrons. The summed E-state index contributed by atoms with van der Waals surface area (Å²) in [6.45, 7) is 0. The number of benzene rings is 3. The molecule has 0 aliphatic heterocycles. The van der Waals surface area contributed by atoms with Gasteiger partial charge in [-0.15, -0.1) is 0 Å². The van der Waals surface area contributed by atoms with E-state index < -0.39 is 7.92 Å². The van der Waals surface area contributed by atoms with Gasteiger partial charge in [-0.25, -0.2) is 0 Å². The minimum Gasteiger partial charge on any atom is -0.192 e. The quantitative estimate of drug-likeness (QED) is 0.697. The third-order valence-electron chi connectivity index (χ3n) is 3.54. The van der Waals surface area contributed by atoms with Crippen molar-refractivity contribution in [3.05, 3.63) is 90.0 Å². The molecule has 0 amide bonds. The summed E-state index contributed by atoms with van der Waals surface area (Å²) in [6, 6.07) is 30.2. The monoisotopic (exact) mass is 312 g/mol. The molecular formula is C20H13N2P. The van der Waals surface area contributed by atoms with Gasteiger partial charge in [0.25, 0.3) is 0 Å². The molecule has 3 heteroatoms. The predicted octanol–water partition coefficient (Wildman–Crippen LogP) is 3.19. The van der Waals surface area contributed by atoms with Crippen molar-refractivity contribution in [3.63, 3.8) is 0 Å². The van der Waals surface area contributed by atoms with Gasteiger partial charge in [0, 0.05) is 5.30 Å². The summed E-state index contributed by atoms with van der Waals surface area (Å²) >= 11 is 0. The van der Waals surface area contributed by atoms with Gasteiger partial charge in [0.05, 0.1) is 11.1 Å². The minimum atomic E-state index is -0.868. The normalized spacial score (nSPS) is 10.0. The molecule has 0 saturated carbocycles. The van der Waals surface area contributed by atoms with Crippen LogP contribution in [0.15, 0.2) is 78.9 Å². The first-order valence-electron chi connectivity index (χ1n) is 7.18. The Kier molecular flexibility index (Phi) is 4.49. The van der Waals surface area contributed by atoms with Crippen molar-refractivity contribution >= 4 is 23.8 Å². The van der Waals surface area contributed by atoms with Crippen molar-refractivity contribution in [2.45, 2.75) is 0 Å². The smallest absolute Gasteiger partial charge is 0.101 e. The van der Waals surface area contributed by atoms with Crippen molar-refractivity contribution in [2.24, 2.45) is 0 Å². The van der Waals surface area contributed by atoms with Crippen LogP contribution in [0, 0.1) is 22.7 Å². The highest BCUT2D eigenvalue weighted by atomic mass is 31.1. The van der Waals surface area contributed by atoms with Crippen molar-refractivity contribution in [1.82, 2.24) is 0 Å². The molecule has 3 rings (SSSR count). The van der Waals surface area contributed by atoms with Gasteiger partial charge in [0.1, 0.15) is 12.1 Å². The molecule has 0 aliphatic carbocycles. The highest BCUT2D eigenvalue weighted by molar-refractivity contribution is 7.80. The highest BCUT2D eigenvalue weighted by Crippen LogP contribution is 2.34. The van der Waals surface area contributed by atoms with Crippen LogP contribution in [0.25, 0.3) is 0 Å². The Morgan fingerprint density at radius 1 is 0.609 bits per heavy atom. The maximum absolute atomic E-state index is 9.58. The zero-order valence-electron chi connectivity index (χ0n) is 12.3. The van der Waals surface area contributed by atoms with E-state index in [9.17, 15) is 10.5 Å². The molecule has 0 unspecified atom stereocenters. The third kappa shape index (κ3) is 3.00. The fraction of sp³-hybridized carbons (Fsp3) is 0. The van der Waals surface area contributed by atoms with Gasteiger partial charge in [-0.1, -0.05) is 72.8 Å². The van der Waals surface area contributed by atoms with E-state index in [4.69, 9.17) is 0 Å². The van der Waals surface area contributed by atoms with Crippen LogP contribution in [0.4, 0.5) is 0 Å². The highest BCUT2D eigenvalue weighted by Gasteiger charge is 2.21. The SMILES string of the molecule is N#Cc1cccc(P(c2ccccc2)c2ccccc2)c1C#N. The van der Waals surface area contributed by atoms with E-state index in [2.05, 4.69) is 36.4 Å². The van der Waals surface area contributed by atoms with Gasteiger partial charge < -0.3 is 0 Å². The molecule has 0 aliphatic rings. The molecule has 3 aromatic carbocycles. The molecule has 0 aromatic heterocycles. The van der Waals surface area contributed by atoms with Crippen molar-refractivity contribution in [1.29, 1.82) is 10.5 Å². The van der Waals surface area contributed by atoms with Crippen LogP contribution in [0.5, 0.6) is 0 Å². The molecule has 0 heterocycles. The number of nitriles is 2. The van der Waals surface area contributed by atoms with E-state index in [1.54, 1.807) is 6.07 Å². The molecule has 0 saturated heterocycles. The van der Waals surface area contributed by atoms with E-state index >= 15 is 0 Å². The third-order valence-corrected chi connectivity index (χ3v) is 6.03. The van der Waals surface area contributed by atoms with E-state index in [1.807, 2.05) is 48.5 Å². The van der Waals surface area contributed by atoms with Gasteiger partial charge in [-0.3, -0.25) is 0 Å². The number of hydrogen-bond donors (Lipinski definition) is 0. The lowest BCUT2D eigenvalue weighted by molar-refractivity contribution is 1.45. The average Bonchev–Trinajstić information content (AvgIpc) is 2.63. The summed E-state index contributed by atoms with van der Waals surface area (Å²) < 4.78 is 0. The molecule has 0 spiro atoms. The van der Waals surface area contributed by atoms with Crippen LogP contribution in [-0.4, -0.2) is 0 Å². The number of hydrogen-bond acceptors (Lipinski definition) is 2. The van der Waals surface area contributed by atoms with E-state index in [0.717, 1.165) is 5.30 Å². The Bertz CT molecular complexity index is 851. The van der Waals surface area contributed by atoms with Crippen LogP contribution in [0.1, 0.15) is 11.1 Å². The van der Waals surface area contributed by atoms with Crippen LogP contribution >= 0.6 is 7.92 Å². The molecule has 2 nitrogen and oxygen atoms in total. The minimum absolute atomic E-state index is 0.435. The van der Waals surface area contributed by atoms with Gasteiger partial charge in [-0.05, 0) is 24.6 Å². The fourth-order valence-corrected chi connectivity index (χ4v) is 4.94. The number of nitrogens with zero attached hydrogens (tertiary/aromatic N) is 2. The molecule has 0 atom stereocenters. The van der Waals surface area contributed by atoms with Crippen molar-refractivity contribution in [2.75, 3.05) is 0 Å². The maximum atomic E-state index is 9.58. The standard InChI is InChI=1S/C20H13N2P/c21-14-16-8-7-13-20(19(16)15-22)23(17-9-3-1-4-10-17)18-11-5-2-6-12-18/h1-13H. The number of rotatable bonds is 3. The Hall–Kier alpha value is -2.93. The van der Waals surface area contributed by atoms with E-state index in [0.29, 0.717) is 11.1 Å². The topological polar surface area (TPSA) is 47.6 Å². The summed E-state index contributed by atoms with van der Waals surface area (Å²) in [5, 5.41) is 22.1. The van der Waals surface area contributed by atoms with Crippen LogP contribution in [-0.2, 0) is 0 Å². The van der Waals surface area contributed by atoms with Crippen molar-refractivity contribution in [3.8, 4) is 12.1 Å². The average molecular weight is 312 g/mol. The first-order chi connectivity index (χ1) is 11.3. The maximum Gasteiger partial charge on any atom is 0.101 e. The van der Waals surface area contributed by atoms with Gasteiger partial charge >= 0.3 is 0 Å². The van der Waals surface area contributed by atoms with Crippen LogP contribution in [0.3, 0.4) is 0 Å². The molecular weight excluding hydrogens is 299 g/mol. The van der Waals surface area contributed by atoms with Crippen molar-refractivity contribution < 1.29 is 0 Å². The van der Waals surface area contributed by atoms with Gasteiger partial charge in [-0.2, -0.15) is 10.5 Å². The summed E-state index contributed by atoms with van der Waals surface area (Å²) in [6.07, 6.45) is 0. The molecule has 23 heavy (non-hydrogen) atoms. The second-order valence-corrected chi connectivity index (χ2v) is 7.12. The second kappa shape index (κ2) is 6.89. The lowest BCUT2D eigenvalue weighted by atomic mass is 10.1. The predicted molar refractivity (Wildman–Crippen MR) is 94.6 cm³/mol. The zero-order chi connectivity index (χ0) is 16.1. The van der Waals surface area contributed by atoms with E-state index in [-0.39, 0.29) is 0 Å². The summed E-state index contributed by atoms with van der Waals surface area (Å²) in [5.74, 6) is 0. The molecule has 0 N–H and O–H groups in total. The van der Waals surface area contributed by atoms with Gasteiger partial charge in [0.15, 0.2) is 0 Å². The largest absolute Gasteiger partial charge is 0.192 e. The molecule has 3 aromatic rings. The Morgan fingerprint density at radius 2 is 1.17 bits per heavy atom. The first-order valence-corrected chi connectivity index (χ1v) is 8.53. The summed E-state index contributed by atoms with van der Waals surface area (Å²) in [5.41, 5.74) is 0.915. The van der Waals surface area contributed by atoms with Gasteiger partial charge in [0.2, 0.25) is 0 Å². The summed E-state index contributed by atoms with van der Waals surface area (Å²) in [4.78, 5) is 0. The molecule has 0 radical (unpaired) electrons. The first kappa shape index (κ1) is 15.0. The molecule has 0 fully saturated rings. The van der Waals surface area contributed by atoms with Crippen LogP contribution in [0.2, 0.25) is 0 Å². The second-order valence-electron chi connectivity index (χ2n) is 4.93. The Labute approximate surface area is 137 Å². The zero-order valence-corrected chi connectivity index (χ0v) is 13.2. The lowest BCUT2D eigenvalue weighted by Gasteiger charge is -2.20. The summed E-state index contributed by atoms with van der Waals surface area (Å²) in [7, 11) is -0.868. The fourth-order valence-electron chi connectivity index (χ4n) is 2.52. The van der Waals surface area contributed by atoms with Crippen LogP contribution < -0.4 is 15.9 Å². The molecule has 0 bridgehead atoms.